The Hall–Kier alpha value is -2.39. The van der Waals surface area contributed by atoms with Crippen LogP contribution in [0.3, 0.4) is 0 Å². The number of sulfonamides is 1. The van der Waals surface area contributed by atoms with E-state index in [0.717, 1.165) is 17.7 Å². The Morgan fingerprint density at radius 1 is 1.12 bits per heavy atom. The standard InChI is InChI=1S/C16H17F2N3O3S/c17-14-4-3-13(10-15(14)18)25(23,24)21-9-6-16(22)20-8-5-12-2-1-7-19-11-12/h1-4,7,10-11,21H,5-6,8-9H2,(H,20,22). The monoisotopic (exact) mass is 369 g/mol. The number of halogens is 2. The summed E-state index contributed by atoms with van der Waals surface area (Å²) in [6.45, 7) is 0.251. The summed E-state index contributed by atoms with van der Waals surface area (Å²) in [6.07, 6.45) is 3.89. The second-order valence-corrected chi connectivity index (χ2v) is 6.95. The van der Waals surface area contributed by atoms with E-state index < -0.39 is 26.6 Å². The third-order valence-corrected chi connectivity index (χ3v) is 4.76. The van der Waals surface area contributed by atoms with E-state index in [2.05, 4.69) is 15.0 Å². The van der Waals surface area contributed by atoms with Crippen molar-refractivity contribution in [3.05, 3.63) is 59.9 Å². The van der Waals surface area contributed by atoms with Crippen LogP contribution in [0.4, 0.5) is 8.78 Å². The predicted octanol–water partition coefficient (Wildman–Crippen LogP) is 1.39. The average Bonchev–Trinajstić information content (AvgIpc) is 2.58. The highest BCUT2D eigenvalue weighted by Crippen LogP contribution is 2.13. The van der Waals surface area contributed by atoms with Gasteiger partial charge >= 0.3 is 0 Å². The molecule has 0 aliphatic heterocycles. The second-order valence-electron chi connectivity index (χ2n) is 5.18. The van der Waals surface area contributed by atoms with Gasteiger partial charge in [0.05, 0.1) is 4.90 Å². The van der Waals surface area contributed by atoms with E-state index in [9.17, 15) is 22.0 Å². The van der Waals surface area contributed by atoms with Gasteiger partial charge in [-0.25, -0.2) is 21.9 Å². The molecule has 0 unspecified atom stereocenters. The van der Waals surface area contributed by atoms with E-state index >= 15 is 0 Å². The number of carbonyl (C=O) groups is 1. The van der Waals surface area contributed by atoms with Gasteiger partial charge in [-0.2, -0.15) is 0 Å². The summed E-state index contributed by atoms with van der Waals surface area (Å²) >= 11 is 0. The molecule has 0 spiro atoms. The van der Waals surface area contributed by atoms with E-state index in [1.165, 1.54) is 0 Å². The second kappa shape index (κ2) is 8.63. The van der Waals surface area contributed by atoms with Gasteiger partial charge in [0.2, 0.25) is 15.9 Å². The fourth-order valence-electron chi connectivity index (χ4n) is 2.01. The minimum absolute atomic E-state index is 0.0735. The summed E-state index contributed by atoms with van der Waals surface area (Å²) in [5.74, 6) is -2.71. The number of benzene rings is 1. The lowest BCUT2D eigenvalue weighted by molar-refractivity contribution is -0.120. The van der Waals surface area contributed by atoms with Gasteiger partial charge in [-0.05, 0) is 36.2 Å². The molecular formula is C16H17F2N3O3S. The largest absolute Gasteiger partial charge is 0.356 e. The molecule has 9 heteroatoms. The molecule has 1 amide bonds. The number of carbonyl (C=O) groups excluding carboxylic acids is 1. The van der Waals surface area contributed by atoms with Crippen LogP contribution in [0, 0.1) is 11.6 Å². The van der Waals surface area contributed by atoms with Crippen LogP contribution in [0.15, 0.2) is 47.6 Å². The molecule has 134 valence electrons. The van der Waals surface area contributed by atoms with Crippen molar-refractivity contribution in [2.75, 3.05) is 13.1 Å². The number of amides is 1. The zero-order valence-corrected chi connectivity index (χ0v) is 14.0. The van der Waals surface area contributed by atoms with Gasteiger partial charge in [0, 0.05) is 31.9 Å². The van der Waals surface area contributed by atoms with Crippen LogP contribution in [-0.4, -0.2) is 32.4 Å². The van der Waals surface area contributed by atoms with E-state index in [4.69, 9.17) is 0 Å². The maximum atomic E-state index is 13.1. The highest BCUT2D eigenvalue weighted by atomic mass is 32.2. The summed E-state index contributed by atoms with van der Waals surface area (Å²) in [7, 11) is -4.00. The number of hydrogen-bond acceptors (Lipinski definition) is 4. The third kappa shape index (κ3) is 5.87. The Morgan fingerprint density at radius 3 is 2.60 bits per heavy atom. The van der Waals surface area contributed by atoms with Gasteiger partial charge in [0.25, 0.3) is 0 Å². The molecule has 2 aromatic rings. The molecule has 25 heavy (non-hydrogen) atoms. The summed E-state index contributed by atoms with van der Waals surface area (Å²) in [4.78, 5) is 15.2. The lowest BCUT2D eigenvalue weighted by Crippen LogP contribution is -2.31. The first kappa shape index (κ1) is 18.9. The number of pyridine rings is 1. The van der Waals surface area contributed by atoms with Crippen molar-refractivity contribution in [3.8, 4) is 0 Å². The van der Waals surface area contributed by atoms with Crippen LogP contribution in [0.1, 0.15) is 12.0 Å². The van der Waals surface area contributed by atoms with Crippen LogP contribution >= 0.6 is 0 Å². The van der Waals surface area contributed by atoms with Gasteiger partial charge in [-0.1, -0.05) is 6.07 Å². The molecule has 0 aliphatic rings. The molecule has 2 N–H and O–H groups in total. The first-order valence-electron chi connectivity index (χ1n) is 7.49. The van der Waals surface area contributed by atoms with Crippen molar-refractivity contribution in [2.24, 2.45) is 0 Å². The summed E-state index contributed by atoms with van der Waals surface area (Å²) in [6, 6.07) is 5.95. The minimum Gasteiger partial charge on any atom is -0.356 e. The number of hydrogen-bond donors (Lipinski definition) is 2. The van der Waals surface area contributed by atoms with Gasteiger partial charge in [0.1, 0.15) is 0 Å². The SMILES string of the molecule is O=C(CCNS(=O)(=O)c1ccc(F)c(F)c1)NCCc1cccnc1. The molecule has 0 bridgehead atoms. The average molecular weight is 369 g/mol. The van der Waals surface area contributed by atoms with Gasteiger partial charge in [0.15, 0.2) is 11.6 Å². The normalized spacial score (nSPS) is 11.3. The quantitative estimate of drug-likeness (QED) is 0.736. The Balaban J connectivity index is 1.75. The van der Waals surface area contributed by atoms with Crippen molar-refractivity contribution < 1.29 is 22.0 Å². The number of nitrogens with one attached hydrogen (secondary N) is 2. The number of nitrogens with zero attached hydrogens (tertiary/aromatic N) is 1. The lowest BCUT2D eigenvalue weighted by Gasteiger charge is -2.08. The number of aromatic nitrogens is 1. The number of rotatable bonds is 8. The van der Waals surface area contributed by atoms with Crippen LogP contribution in [0.2, 0.25) is 0 Å². The molecule has 2 rings (SSSR count). The predicted molar refractivity (Wildman–Crippen MR) is 87.1 cm³/mol. The van der Waals surface area contributed by atoms with E-state index in [-0.39, 0.29) is 18.9 Å². The Labute approximate surface area is 144 Å². The van der Waals surface area contributed by atoms with Crippen molar-refractivity contribution in [1.82, 2.24) is 15.0 Å². The maximum absolute atomic E-state index is 13.1. The zero-order chi connectivity index (χ0) is 18.3. The van der Waals surface area contributed by atoms with E-state index in [1.807, 2.05) is 6.07 Å². The Kier molecular flexibility index (Phi) is 6.54. The zero-order valence-electron chi connectivity index (χ0n) is 13.2. The van der Waals surface area contributed by atoms with Crippen molar-refractivity contribution in [2.45, 2.75) is 17.7 Å². The third-order valence-electron chi connectivity index (χ3n) is 3.30. The topological polar surface area (TPSA) is 88.2 Å². The molecule has 0 radical (unpaired) electrons. The molecular weight excluding hydrogens is 352 g/mol. The molecule has 1 heterocycles. The fourth-order valence-corrected chi connectivity index (χ4v) is 3.05. The lowest BCUT2D eigenvalue weighted by atomic mass is 10.2. The Morgan fingerprint density at radius 2 is 1.92 bits per heavy atom. The van der Waals surface area contributed by atoms with Crippen LogP contribution in [0.5, 0.6) is 0 Å². The van der Waals surface area contributed by atoms with Crippen molar-refractivity contribution in [1.29, 1.82) is 0 Å². The van der Waals surface area contributed by atoms with E-state index in [0.29, 0.717) is 19.0 Å². The van der Waals surface area contributed by atoms with Crippen LogP contribution in [0.25, 0.3) is 0 Å². The molecule has 1 aromatic heterocycles. The smallest absolute Gasteiger partial charge is 0.240 e. The van der Waals surface area contributed by atoms with Crippen molar-refractivity contribution >= 4 is 15.9 Å². The summed E-state index contributed by atoms with van der Waals surface area (Å²) in [5, 5.41) is 2.66. The summed E-state index contributed by atoms with van der Waals surface area (Å²) in [5.41, 5.74) is 0.974. The van der Waals surface area contributed by atoms with Crippen molar-refractivity contribution in [3.63, 3.8) is 0 Å². The van der Waals surface area contributed by atoms with Crippen LogP contribution in [-0.2, 0) is 21.2 Å². The highest BCUT2D eigenvalue weighted by molar-refractivity contribution is 7.89. The molecule has 6 nitrogen and oxygen atoms in total. The van der Waals surface area contributed by atoms with E-state index in [1.54, 1.807) is 18.5 Å². The van der Waals surface area contributed by atoms with Gasteiger partial charge < -0.3 is 5.32 Å². The first-order chi connectivity index (χ1) is 11.9. The minimum atomic E-state index is -4.00. The first-order valence-corrected chi connectivity index (χ1v) is 8.97. The highest BCUT2D eigenvalue weighted by Gasteiger charge is 2.16. The molecule has 0 saturated heterocycles. The molecule has 0 saturated carbocycles. The molecule has 0 aliphatic carbocycles. The summed E-state index contributed by atoms with van der Waals surface area (Å²) < 4.78 is 52.0. The fraction of sp³-hybridized carbons (Fsp3) is 0.250. The van der Waals surface area contributed by atoms with Gasteiger partial charge in [-0.15, -0.1) is 0 Å². The molecule has 0 atom stereocenters. The Bertz CT molecular complexity index is 830. The van der Waals surface area contributed by atoms with Gasteiger partial charge in [-0.3, -0.25) is 9.78 Å². The molecule has 1 aromatic carbocycles. The maximum Gasteiger partial charge on any atom is 0.240 e. The molecule has 0 fully saturated rings. The van der Waals surface area contributed by atoms with Crippen LogP contribution < -0.4 is 10.0 Å².